The highest BCUT2D eigenvalue weighted by Crippen LogP contribution is 2.44. The highest BCUT2D eigenvalue weighted by molar-refractivity contribution is 6.28. The SMILES string of the molecule is C1=CCCC=C1.N/C=C(\N)c1ccc(-c2cc(-c3ccc4ccccc4c3)c3ccc4cccc5ccc2c3c54)cc1. The lowest BCUT2D eigenvalue weighted by Crippen LogP contribution is -1.99. The molecule has 0 bridgehead atoms. The summed E-state index contributed by atoms with van der Waals surface area (Å²) in [6.45, 7) is 0. The van der Waals surface area contributed by atoms with Crippen LogP contribution in [0.15, 0.2) is 146 Å². The smallest absolute Gasteiger partial charge is 0.0545 e. The molecule has 1 aliphatic carbocycles. The summed E-state index contributed by atoms with van der Waals surface area (Å²) in [4.78, 5) is 0. The molecule has 7 aromatic carbocycles. The van der Waals surface area contributed by atoms with Crippen molar-refractivity contribution in [1.82, 2.24) is 0 Å². The minimum Gasteiger partial charge on any atom is -0.403 e. The lowest BCUT2D eigenvalue weighted by Gasteiger charge is -2.18. The van der Waals surface area contributed by atoms with Gasteiger partial charge in [0, 0.05) is 6.20 Å². The van der Waals surface area contributed by atoms with Gasteiger partial charge in [0.25, 0.3) is 0 Å². The molecule has 4 N–H and O–H groups in total. The predicted octanol–water partition coefficient (Wildman–Crippen LogP) is 10.2. The quantitative estimate of drug-likeness (QED) is 0.219. The Bertz CT molecular complexity index is 2120. The minimum absolute atomic E-state index is 0.578. The standard InChI is InChI=1S/C34H24N2.C6H8/c35-20-32(36)23-11-9-22(10-12-23)30-19-31(27-13-8-21-4-1-2-5-26(21)18-27)29-17-15-25-7-3-6-24-14-16-28(30)34(29)33(24)25;1-2-4-6-5-3-1/h1-20H,35-36H2;1-4H,5-6H2/b32-20-;. The molecular weight excluding hydrogens is 508 g/mol. The molecule has 0 radical (unpaired) electrons. The van der Waals surface area contributed by atoms with Crippen LogP contribution in [0.25, 0.3) is 71.0 Å². The van der Waals surface area contributed by atoms with Gasteiger partial charge in [0.15, 0.2) is 0 Å². The Morgan fingerprint density at radius 3 is 1.71 bits per heavy atom. The van der Waals surface area contributed by atoms with E-state index in [1.807, 2.05) is 12.1 Å². The maximum Gasteiger partial charge on any atom is 0.0545 e. The first kappa shape index (κ1) is 25.6. The molecule has 0 aliphatic heterocycles. The molecule has 0 spiro atoms. The molecular formula is C40H32N2. The van der Waals surface area contributed by atoms with Crippen molar-refractivity contribution in [3.05, 3.63) is 151 Å². The first-order chi connectivity index (χ1) is 20.7. The number of nitrogens with two attached hydrogens (primary N) is 2. The Kier molecular flexibility index (Phi) is 6.65. The van der Waals surface area contributed by atoms with Crippen LogP contribution in [0.3, 0.4) is 0 Å². The van der Waals surface area contributed by atoms with Gasteiger partial charge in [-0.3, -0.25) is 0 Å². The van der Waals surface area contributed by atoms with E-state index < -0.39 is 0 Å². The second kappa shape index (κ2) is 10.9. The third-order valence-electron chi connectivity index (χ3n) is 8.30. The average molecular weight is 541 g/mol. The van der Waals surface area contributed by atoms with Gasteiger partial charge in [-0.15, -0.1) is 0 Å². The van der Waals surface area contributed by atoms with Gasteiger partial charge in [0.2, 0.25) is 0 Å². The Balaban J connectivity index is 0.000000430. The summed E-state index contributed by atoms with van der Waals surface area (Å²) in [5, 5.41) is 10.2. The summed E-state index contributed by atoms with van der Waals surface area (Å²) in [5.41, 5.74) is 18.0. The largest absolute Gasteiger partial charge is 0.403 e. The second-order valence-corrected chi connectivity index (χ2v) is 10.8. The van der Waals surface area contributed by atoms with Crippen molar-refractivity contribution < 1.29 is 0 Å². The van der Waals surface area contributed by atoms with E-state index in [1.165, 1.54) is 78.8 Å². The van der Waals surface area contributed by atoms with Gasteiger partial charge in [0.1, 0.15) is 0 Å². The van der Waals surface area contributed by atoms with E-state index >= 15 is 0 Å². The van der Waals surface area contributed by atoms with Gasteiger partial charge in [-0.05, 0) is 95.9 Å². The number of hydrogen-bond donors (Lipinski definition) is 2. The Morgan fingerprint density at radius 2 is 1.10 bits per heavy atom. The van der Waals surface area contributed by atoms with E-state index in [1.54, 1.807) is 0 Å². The highest BCUT2D eigenvalue weighted by atomic mass is 14.6. The van der Waals surface area contributed by atoms with Crippen molar-refractivity contribution in [1.29, 1.82) is 0 Å². The average Bonchev–Trinajstić information content (AvgIpc) is 3.07. The lowest BCUT2D eigenvalue weighted by molar-refractivity contribution is 1.04. The van der Waals surface area contributed by atoms with Crippen LogP contribution in [0, 0.1) is 0 Å². The zero-order chi connectivity index (χ0) is 28.5. The van der Waals surface area contributed by atoms with Crippen LogP contribution < -0.4 is 11.5 Å². The van der Waals surface area contributed by atoms with Gasteiger partial charge >= 0.3 is 0 Å². The Labute approximate surface area is 246 Å². The van der Waals surface area contributed by atoms with Crippen molar-refractivity contribution in [2.75, 3.05) is 0 Å². The Hall–Kier alpha value is -5.34. The normalized spacial score (nSPS) is 13.2. The number of hydrogen-bond acceptors (Lipinski definition) is 2. The monoisotopic (exact) mass is 540 g/mol. The van der Waals surface area contributed by atoms with E-state index in [-0.39, 0.29) is 0 Å². The van der Waals surface area contributed by atoms with Crippen LogP contribution in [-0.4, -0.2) is 0 Å². The molecule has 7 aromatic rings. The maximum absolute atomic E-state index is 6.05. The molecule has 0 fully saturated rings. The number of rotatable bonds is 3. The molecule has 0 heterocycles. The molecule has 42 heavy (non-hydrogen) atoms. The van der Waals surface area contributed by atoms with Gasteiger partial charge in [-0.25, -0.2) is 0 Å². The van der Waals surface area contributed by atoms with Gasteiger partial charge in [-0.1, -0.05) is 127 Å². The van der Waals surface area contributed by atoms with Crippen molar-refractivity contribution >= 4 is 48.8 Å². The zero-order valence-electron chi connectivity index (χ0n) is 23.4. The fourth-order valence-electron chi connectivity index (χ4n) is 6.15. The maximum atomic E-state index is 6.05. The number of allylic oxidation sites excluding steroid dienone is 4. The fraction of sp³-hybridized carbons (Fsp3) is 0.0500. The third kappa shape index (κ3) is 4.57. The molecule has 0 atom stereocenters. The van der Waals surface area contributed by atoms with Crippen LogP contribution in [0.4, 0.5) is 0 Å². The molecule has 0 unspecified atom stereocenters. The van der Waals surface area contributed by atoms with Crippen molar-refractivity contribution in [3.8, 4) is 22.3 Å². The van der Waals surface area contributed by atoms with E-state index in [9.17, 15) is 0 Å². The van der Waals surface area contributed by atoms with Crippen LogP contribution in [-0.2, 0) is 0 Å². The first-order valence-electron chi connectivity index (χ1n) is 14.5. The van der Waals surface area contributed by atoms with Gasteiger partial charge in [0.05, 0.1) is 5.70 Å². The lowest BCUT2D eigenvalue weighted by atomic mass is 9.85. The minimum atomic E-state index is 0.578. The molecule has 2 heteroatoms. The van der Waals surface area contributed by atoms with Gasteiger partial charge < -0.3 is 11.5 Å². The van der Waals surface area contributed by atoms with Crippen molar-refractivity contribution in [2.45, 2.75) is 12.8 Å². The summed E-state index contributed by atoms with van der Waals surface area (Å²) in [5.74, 6) is 0. The first-order valence-corrected chi connectivity index (χ1v) is 14.5. The van der Waals surface area contributed by atoms with Crippen LogP contribution in [0.1, 0.15) is 18.4 Å². The fourth-order valence-corrected chi connectivity index (χ4v) is 6.15. The summed E-state index contributed by atoms with van der Waals surface area (Å²) >= 11 is 0. The molecule has 0 saturated heterocycles. The molecule has 2 nitrogen and oxygen atoms in total. The topological polar surface area (TPSA) is 52.0 Å². The molecule has 0 aromatic heterocycles. The van der Waals surface area contributed by atoms with Gasteiger partial charge in [-0.2, -0.15) is 0 Å². The summed E-state index contributed by atoms with van der Waals surface area (Å²) < 4.78 is 0. The molecule has 0 amide bonds. The van der Waals surface area contributed by atoms with Crippen molar-refractivity contribution in [2.24, 2.45) is 11.5 Å². The second-order valence-electron chi connectivity index (χ2n) is 10.8. The molecule has 1 aliphatic rings. The van der Waals surface area contributed by atoms with Crippen LogP contribution >= 0.6 is 0 Å². The molecule has 8 rings (SSSR count). The third-order valence-corrected chi connectivity index (χ3v) is 8.30. The van der Waals surface area contributed by atoms with Crippen LogP contribution in [0.2, 0.25) is 0 Å². The van der Waals surface area contributed by atoms with E-state index in [0.29, 0.717) is 5.70 Å². The summed E-state index contributed by atoms with van der Waals surface area (Å²) in [7, 11) is 0. The zero-order valence-corrected chi connectivity index (χ0v) is 23.4. The molecule has 0 saturated carbocycles. The summed E-state index contributed by atoms with van der Waals surface area (Å²) in [6.07, 6.45) is 12.4. The summed E-state index contributed by atoms with van der Waals surface area (Å²) in [6, 6.07) is 41.6. The predicted molar refractivity (Wildman–Crippen MR) is 182 cm³/mol. The van der Waals surface area contributed by atoms with E-state index in [4.69, 9.17) is 11.5 Å². The van der Waals surface area contributed by atoms with Crippen molar-refractivity contribution in [3.63, 3.8) is 0 Å². The van der Waals surface area contributed by atoms with E-state index in [0.717, 1.165) is 11.1 Å². The number of benzene rings is 7. The van der Waals surface area contributed by atoms with E-state index in [2.05, 4.69) is 127 Å². The highest BCUT2D eigenvalue weighted by Gasteiger charge is 2.17. The number of fused-ring (bicyclic) bond motifs is 1. The Morgan fingerprint density at radius 1 is 0.524 bits per heavy atom. The molecule has 202 valence electrons. The van der Waals surface area contributed by atoms with Crippen LogP contribution in [0.5, 0.6) is 0 Å².